The first-order valence-electron chi connectivity index (χ1n) is 8.46. The lowest BCUT2D eigenvalue weighted by molar-refractivity contribution is -0.122. The number of anilines is 1. The summed E-state index contributed by atoms with van der Waals surface area (Å²) in [4.78, 5) is 26.7. The molecule has 1 fully saturated rings. The van der Waals surface area contributed by atoms with Crippen molar-refractivity contribution in [3.63, 3.8) is 0 Å². The number of methoxy groups -OCH3 is 1. The van der Waals surface area contributed by atoms with Gasteiger partial charge in [-0.2, -0.15) is 0 Å². The third-order valence-electron chi connectivity index (χ3n) is 4.04. The molecule has 144 valence electrons. The molecule has 0 atom stereocenters. The summed E-state index contributed by atoms with van der Waals surface area (Å²) >= 11 is 6.49. The van der Waals surface area contributed by atoms with E-state index in [9.17, 15) is 14.7 Å². The predicted molar refractivity (Wildman–Crippen MR) is 114 cm³/mol. The van der Waals surface area contributed by atoms with Crippen LogP contribution in [0.3, 0.4) is 0 Å². The van der Waals surface area contributed by atoms with Gasteiger partial charge < -0.3 is 15.2 Å². The van der Waals surface area contributed by atoms with Gasteiger partial charge in [-0.3, -0.25) is 14.5 Å². The van der Waals surface area contributed by atoms with Crippen molar-refractivity contribution < 1.29 is 19.4 Å². The molecule has 0 unspecified atom stereocenters. The Kier molecular flexibility index (Phi) is 6.33. The molecule has 1 aliphatic heterocycles. The maximum Gasteiger partial charge on any atom is 0.266 e. The lowest BCUT2D eigenvalue weighted by Gasteiger charge is -2.14. The smallest absolute Gasteiger partial charge is 0.266 e. The fourth-order valence-corrected chi connectivity index (χ4v) is 3.92. The molecule has 2 N–H and O–H groups in total. The van der Waals surface area contributed by atoms with Crippen LogP contribution in [-0.2, 0) is 9.59 Å². The fourth-order valence-electron chi connectivity index (χ4n) is 2.63. The van der Waals surface area contributed by atoms with Crippen molar-refractivity contribution in [2.45, 2.75) is 6.42 Å². The Bertz CT molecular complexity index is 959. The maximum absolute atomic E-state index is 12.7. The molecule has 1 heterocycles. The summed E-state index contributed by atoms with van der Waals surface area (Å²) in [5, 5.41) is 12.3. The fraction of sp³-hybridized carbons (Fsp3) is 0.150. The standard InChI is InChI=1S/C20H18N2O4S2/c1-26-16-9-5-2-6-13(16)12-17-19(25)22(20(27)28-17)11-10-18(24)21-14-7-3-4-8-15(14)23/h2-9,12,23H,10-11H2,1H3,(H,21,24). The summed E-state index contributed by atoms with van der Waals surface area (Å²) in [5.41, 5.74) is 1.11. The normalized spacial score (nSPS) is 15.2. The van der Waals surface area contributed by atoms with Gasteiger partial charge in [0.1, 0.15) is 15.8 Å². The molecule has 0 aliphatic carbocycles. The van der Waals surface area contributed by atoms with Gasteiger partial charge in [-0.1, -0.05) is 54.3 Å². The molecule has 3 rings (SSSR count). The highest BCUT2D eigenvalue weighted by atomic mass is 32.2. The minimum Gasteiger partial charge on any atom is -0.506 e. The molecular formula is C20H18N2O4S2. The minimum absolute atomic E-state index is 0.0128. The molecule has 0 saturated carbocycles. The van der Waals surface area contributed by atoms with Crippen molar-refractivity contribution in [3.8, 4) is 11.5 Å². The van der Waals surface area contributed by atoms with Gasteiger partial charge in [0.15, 0.2) is 0 Å². The monoisotopic (exact) mass is 414 g/mol. The third kappa shape index (κ3) is 4.52. The zero-order valence-electron chi connectivity index (χ0n) is 15.0. The molecule has 6 nitrogen and oxygen atoms in total. The number of nitrogens with zero attached hydrogens (tertiary/aromatic N) is 1. The van der Waals surface area contributed by atoms with Crippen molar-refractivity contribution >= 4 is 51.9 Å². The van der Waals surface area contributed by atoms with Crippen LogP contribution in [0.25, 0.3) is 6.08 Å². The topological polar surface area (TPSA) is 78.9 Å². The van der Waals surface area contributed by atoms with E-state index in [1.54, 1.807) is 31.4 Å². The maximum atomic E-state index is 12.7. The van der Waals surface area contributed by atoms with Crippen LogP contribution in [0.1, 0.15) is 12.0 Å². The van der Waals surface area contributed by atoms with Crippen molar-refractivity contribution in [2.24, 2.45) is 0 Å². The molecule has 0 spiro atoms. The number of ether oxygens (including phenoxy) is 1. The summed E-state index contributed by atoms with van der Waals surface area (Å²) in [6.45, 7) is 0.160. The molecule has 0 radical (unpaired) electrons. The summed E-state index contributed by atoms with van der Waals surface area (Å²) in [5.74, 6) is 0.0940. The number of hydrogen-bond acceptors (Lipinski definition) is 6. The first-order chi connectivity index (χ1) is 13.5. The van der Waals surface area contributed by atoms with E-state index in [2.05, 4.69) is 5.32 Å². The number of benzene rings is 2. The molecule has 2 aromatic carbocycles. The summed E-state index contributed by atoms with van der Waals surface area (Å²) < 4.78 is 5.71. The van der Waals surface area contributed by atoms with Crippen molar-refractivity contribution in [3.05, 3.63) is 59.0 Å². The van der Waals surface area contributed by atoms with E-state index < -0.39 is 0 Å². The zero-order valence-corrected chi connectivity index (χ0v) is 16.7. The number of hydrogen-bond donors (Lipinski definition) is 2. The molecule has 1 saturated heterocycles. The van der Waals surface area contributed by atoms with E-state index in [1.807, 2.05) is 24.3 Å². The first-order valence-corrected chi connectivity index (χ1v) is 9.68. The number of nitrogens with one attached hydrogen (secondary N) is 1. The average molecular weight is 415 g/mol. The van der Waals surface area contributed by atoms with Gasteiger partial charge in [0.2, 0.25) is 5.91 Å². The van der Waals surface area contributed by atoms with E-state index in [-0.39, 0.29) is 30.5 Å². The number of phenols is 1. The molecule has 2 aromatic rings. The second kappa shape index (κ2) is 8.90. The van der Waals surface area contributed by atoms with Crippen molar-refractivity contribution in [1.82, 2.24) is 4.90 Å². The SMILES string of the molecule is COc1ccccc1C=C1SC(=S)N(CCC(=O)Nc2ccccc2O)C1=O. The Morgan fingerprint density at radius 1 is 1.25 bits per heavy atom. The lowest BCUT2D eigenvalue weighted by Crippen LogP contribution is -2.31. The van der Waals surface area contributed by atoms with Crippen LogP contribution >= 0.6 is 24.0 Å². The van der Waals surface area contributed by atoms with E-state index in [1.165, 1.54) is 22.7 Å². The molecule has 1 aliphatic rings. The highest BCUT2D eigenvalue weighted by Gasteiger charge is 2.32. The molecular weight excluding hydrogens is 396 g/mol. The van der Waals surface area contributed by atoms with Crippen LogP contribution in [0, 0.1) is 0 Å². The highest BCUT2D eigenvalue weighted by Crippen LogP contribution is 2.34. The molecule has 0 bridgehead atoms. The Labute approximate surface area is 172 Å². The summed E-state index contributed by atoms with van der Waals surface area (Å²) in [7, 11) is 1.57. The number of carbonyl (C=O) groups excluding carboxylic acids is 2. The Morgan fingerprint density at radius 2 is 1.96 bits per heavy atom. The van der Waals surface area contributed by atoms with E-state index in [4.69, 9.17) is 17.0 Å². The molecule has 2 amide bonds. The first kappa shape index (κ1) is 19.9. The number of thiocarbonyl (C=S) groups is 1. The van der Waals surface area contributed by atoms with Gasteiger partial charge >= 0.3 is 0 Å². The second-order valence-electron chi connectivity index (χ2n) is 5.89. The van der Waals surface area contributed by atoms with Gasteiger partial charge in [0, 0.05) is 18.5 Å². The van der Waals surface area contributed by atoms with Crippen LogP contribution in [-0.4, -0.2) is 39.8 Å². The lowest BCUT2D eigenvalue weighted by atomic mass is 10.2. The van der Waals surface area contributed by atoms with Gasteiger partial charge in [-0.05, 0) is 24.3 Å². The number of para-hydroxylation sites is 3. The number of rotatable bonds is 6. The molecule has 28 heavy (non-hydrogen) atoms. The summed E-state index contributed by atoms with van der Waals surface area (Å²) in [6.07, 6.45) is 1.79. The van der Waals surface area contributed by atoms with Gasteiger partial charge in [-0.25, -0.2) is 0 Å². The predicted octanol–water partition coefficient (Wildman–Crippen LogP) is 3.63. The van der Waals surface area contributed by atoms with Gasteiger partial charge in [-0.15, -0.1) is 0 Å². The third-order valence-corrected chi connectivity index (χ3v) is 5.42. The molecule has 8 heteroatoms. The quantitative estimate of drug-likeness (QED) is 0.427. The highest BCUT2D eigenvalue weighted by molar-refractivity contribution is 8.26. The number of phenolic OH excluding ortho intramolecular Hbond substituents is 1. The second-order valence-corrected chi connectivity index (χ2v) is 7.57. The Morgan fingerprint density at radius 3 is 2.71 bits per heavy atom. The minimum atomic E-state index is -0.316. The van der Waals surface area contributed by atoms with Gasteiger partial charge in [0.25, 0.3) is 5.91 Å². The zero-order chi connectivity index (χ0) is 20.1. The summed E-state index contributed by atoms with van der Waals surface area (Å²) in [6, 6.07) is 13.8. The largest absolute Gasteiger partial charge is 0.506 e. The van der Waals surface area contributed by atoms with Gasteiger partial charge in [0.05, 0.1) is 17.7 Å². The van der Waals surface area contributed by atoms with E-state index in [0.29, 0.717) is 20.7 Å². The molecule has 0 aromatic heterocycles. The number of thioether (sulfide) groups is 1. The average Bonchev–Trinajstić information content (AvgIpc) is 2.95. The Balaban J connectivity index is 1.65. The van der Waals surface area contributed by atoms with Crippen LogP contribution in [0.15, 0.2) is 53.4 Å². The number of amides is 2. The number of carbonyl (C=O) groups is 2. The van der Waals surface area contributed by atoms with Crippen LogP contribution in [0.4, 0.5) is 5.69 Å². The Hall–Kier alpha value is -2.84. The van der Waals surface area contributed by atoms with E-state index >= 15 is 0 Å². The van der Waals surface area contributed by atoms with Crippen LogP contribution in [0.2, 0.25) is 0 Å². The van der Waals surface area contributed by atoms with Crippen molar-refractivity contribution in [1.29, 1.82) is 0 Å². The number of aromatic hydroxyl groups is 1. The van der Waals surface area contributed by atoms with Crippen LogP contribution in [0.5, 0.6) is 11.5 Å². The van der Waals surface area contributed by atoms with Crippen molar-refractivity contribution in [2.75, 3.05) is 19.0 Å². The van der Waals surface area contributed by atoms with Crippen LogP contribution < -0.4 is 10.1 Å². The van der Waals surface area contributed by atoms with E-state index in [0.717, 1.165) is 5.56 Å².